The van der Waals surface area contributed by atoms with Crippen molar-refractivity contribution in [2.24, 2.45) is 10.9 Å². The molecule has 4 fully saturated rings. The molecule has 0 spiro atoms. The molecule has 0 bridgehead atoms. The Morgan fingerprint density at radius 1 is 0.444 bits per heavy atom. The Labute approximate surface area is 460 Å². The van der Waals surface area contributed by atoms with E-state index in [0.29, 0.717) is 0 Å². The summed E-state index contributed by atoms with van der Waals surface area (Å²) in [5.74, 6) is -0.906. The highest BCUT2D eigenvalue weighted by Crippen LogP contribution is 2.35. The predicted molar refractivity (Wildman–Crippen MR) is 252 cm³/mol. The van der Waals surface area contributed by atoms with Crippen molar-refractivity contribution in [3.63, 3.8) is 0 Å². The van der Waals surface area contributed by atoms with Crippen LogP contribution in [0, 0.1) is 5.92 Å². The molecule has 4 saturated heterocycles. The Kier molecular flexibility index (Phi) is 27.3. The third kappa shape index (κ3) is 16.8. The molecule has 5 rings (SSSR count). The fourth-order valence-electron chi connectivity index (χ4n) is 9.32. The second kappa shape index (κ2) is 31.7. The number of aliphatic hydroxyl groups is 24. The monoisotopic (exact) mass is 1200 g/mol. The molecule has 24 N–H and O–H groups in total. The van der Waals surface area contributed by atoms with Crippen molar-refractivity contribution in [1.29, 1.82) is 0 Å². The van der Waals surface area contributed by atoms with Gasteiger partial charge in [0.05, 0.1) is 58.0 Å². The molecular weight excluding hydrogens is 1110 g/mol. The summed E-state index contributed by atoms with van der Waals surface area (Å²) in [4.78, 5) is 4.10. The maximum atomic E-state index is 11.8. The van der Waals surface area contributed by atoms with Crippen LogP contribution in [0.15, 0.2) is 4.99 Å². The van der Waals surface area contributed by atoms with Crippen molar-refractivity contribution in [2.75, 3.05) is 46.2 Å². The number of hydrogen-bond donors (Lipinski definition) is 24. The number of aliphatic hydroxyl groups excluding tert-OH is 24. The highest BCUT2D eigenvalue weighted by atomic mass is 16.8. The van der Waals surface area contributed by atoms with E-state index in [0.717, 1.165) is 0 Å². The van der Waals surface area contributed by atoms with Crippen LogP contribution < -0.4 is 0 Å². The predicted octanol–water partition coefficient (Wildman–Crippen LogP) is -14.6. The highest BCUT2D eigenvalue weighted by Gasteiger charge is 2.55. The van der Waals surface area contributed by atoms with Crippen LogP contribution in [-0.4, -0.2) is 371 Å². The van der Waals surface area contributed by atoms with Gasteiger partial charge in [-0.3, -0.25) is 0 Å². The van der Waals surface area contributed by atoms with Crippen molar-refractivity contribution in [1.82, 2.24) is 0 Å². The summed E-state index contributed by atoms with van der Waals surface area (Å²) >= 11 is 0. The second-order valence-corrected chi connectivity index (χ2v) is 20.2. The zero-order valence-electron chi connectivity index (χ0n) is 43.6. The fourth-order valence-corrected chi connectivity index (χ4v) is 9.32. The zero-order chi connectivity index (χ0) is 60.5. The summed E-state index contributed by atoms with van der Waals surface area (Å²) in [5, 5.41) is 255. The van der Waals surface area contributed by atoms with Gasteiger partial charge in [-0.05, 0) is 12.8 Å². The van der Waals surface area contributed by atoms with Crippen LogP contribution in [0.1, 0.15) is 26.7 Å². The lowest BCUT2D eigenvalue weighted by molar-refractivity contribution is -0.380. The molecule has 476 valence electrons. The van der Waals surface area contributed by atoms with Gasteiger partial charge < -0.3 is 175 Å². The van der Waals surface area contributed by atoms with Gasteiger partial charge in [-0.15, -0.1) is 0 Å². The third-order valence-electron chi connectivity index (χ3n) is 14.4. The lowest BCUT2D eigenvalue weighted by Gasteiger charge is -2.47. The lowest BCUT2D eigenvalue weighted by atomic mass is 9.96. The summed E-state index contributed by atoms with van der Waals surface area (Å²) < 4.78 is 60.4. The van der Waals surface area contributed by atoms with Gasteiger partial charge in [-0.25, -0.2) is 4.99 Å². The van der Waals surface area contributed by atoms with Crippen LogP contribution in [0.2, 0.25) is 0 Å². The van der Waals surface area contributed by atoms with Gasteiger partial charge in [0, 0.05) is 19.4 Å². The van der Waals surface area contributed by atoms with Crippen LogP contribution in [0.5, 0.6) is 0 Å². The largest absolute Gasteiger partial charge is 0.450 e. The van der Waals surface area contributed by atoms with Crippen molar-refractivity contribution in [2.45, 2.75) is 223 Å². The molecule has 5 heterocycles. The number of hydrogen-bond acceptors (Lipinski definition) is 36. The topological polar surface area (TPSA) is 599 Å². The summed E-state index contributed by atoms with van der Waals surface area (Å²) in [7, 11) is 0. The Hall–Kier alpha value is -1.89. The lowest BCUT2D eigenvalue weighted by Crippen LogP contribution is -2.65. The van der Waals surface area contributed by atoms with E-state index in [4.69, 9.17) is 52.1 Å². The summed E-state index contributed by atoms with van der Waals surface area (Å²) in [6.07, 6.45) is -65.4. The maximum absolute atomic E-state index is 11.8. The molecule has 0 amide bonds. The first kappa shape index (κ1) is 69.9. The summed E-state index contributed by atoms with van der Waals surface area (Å²) in [5.41, 5.74) is 0. The van der Waals surface area contributed by atoms with Crippen molar-refractivity contribution in [3.05, 3.63) is 0 Å². The van der Waals surface area contributed by atoms with Crippen molar-refractivity contribution >= 4 is 5.90 Å². The molecule has 33 atom stereocenters. The number of nitrogens with zero attached hydrogens (tertiary/aromatic N) is 1. The SMILES string of the molecule is CC1=NC2[C@@H](O1)OC(CO)[C@@H](O[C@H](O)C(O)[C@@H](O[C@H]1O[C@@H](CO)[C@@H](O)C(O)C1O[C@H]1O[C@@H](CO)[C@@H](O)C(O)C1O)[C@H](O)CCO[C@@H](O)[C@H](O)C(O[C@H]1O[C@@H](CO)[C@@H](O)C(O)C1O)[C@H](O)CCO[C@@H](O)C(O)[C@@H](O)[C@H](O)C(C)CO)[C@@H]2O. The van der Waals surface area contributed by atoms with Crippen molar-refractivity contribution < 1.29 is 175 Å². The van der Waals surface area contributed by atoms with E-state index in [2.05, 4.69) is 4.99 Å². The number of rotatable bonds is 31. The van der Waals surface area contributed by atoms with E-state index in [1.54, 1.807) is 0 Å². The quantitative estimate of drug-likeness (QED) is 0.0287. The highest BCUT2D eigenvalue weighted by molar-refractivity contribution is 5.75. The van der Waals surface area contributed by atoms with Crippen LogP contribution in [0.4, 0.5) is 0 Å². The molecule has 36 heteroatoms. The molecule has 0 aromatic carbocycles. The molecule has 0 aromatic rings. The molecular formula is C45H81NO35. The first-order valence-electron chi connectivity index (χ1n) is 25.8. The van der Waals surface area contributed by atoms with Gasteiger partial charge in [-0.1, -0.05) is 6.92 Å². The minimum absolute atomic E-state index is 0.0671. The van der Waals surface area contributed by atoms with Gasteiger partial charge in [0.15, 0.2) is 43.6 Å². The minimum Gasteiger partial charge on any atom is -0.450 e. The van der Waals surface area contributed by atoms with Gasteiger partial charge in [0.1, 0.15) is 134 Å². The van der Waals surface area contributed by atoms with E-state index >= 15 is 0 Å². The van der Waals surface area contributed by atoms with Gasteiger partial charge in [-0.2, -0.15) is 0 Å². The average molecular weight is 1200 g/mol. The molecule has 0 aliphatic carbocycles. The molecule has 0 saturated carbocycles. The first-order chi connectivity index (χ1) is 38.2. The smallest absolute Gasteiger partial charge is 0.227 e. The number of aliphatic imine (C=N–C) groups is 1. The normalized spacial score (nSPS) is 40.5. The summed E-state index contributed by atoms with van der Waals surface area (Å²) in [6.45, 7) is -3.51. The van der Waals surface area contributed by atoms with Gasteiger partial charge >= 0.3 is 0 Å². The Balaban J connectivity index is 1.38. The molecule has 0 radical (unpaired) electrons. The first-order valence-corrected chi connectivity index (χ1v) is 25.8. The molecule has 81 heavy (non-hydrogen) atoms. The van der Waals surface area contributed by atoms with E-state index in [9.17, 15) is 123 Å². The van der Waals surface area contributed by atoms with E-state index in [1.165, 1.54) is 13.8 Å². The molecule has 5 aliphatic heterocycles. The van der Waals surface area contributed by atoms with E-state index in [1.807, 2.05) is 0 Å². The molecule has 36 nitrogen and oxygen atoms in total. The average Bonchev–Trinajstić information content (AvgIpc) is 3.84. The minimum atomic E-state index is -2.60. The van der Waals surface area contributed by atoms with Crippen LogP contribution in [0.25, 0.3) is 0 Å². The van der Waals surface area contributed by atoms with E-state index in [-0.39, 0.29) is 5.90 Å². The Morgan fingerprint density at radius 2 is 0.889 bits per heavy atom. The van der Waals surface area contributed by atoms with Crippen molar-refractivity contribution in [3.8, 4) is 0 Å². The standard InChI is InChI=1S/C45H81NO35/c1-12(7-47)21(54)26(59)30(63)39(68)71-5-3-14(52)35(79-43-31(64)27(60)22(55)16(8-48)74-43)33(66)40(69)72-6-4-15(53)36(34(67)41(70)78-37-19(11-51)77-42-20(25(37)58)46-13(2)73-42)80-45-38(29(62)24(57)18(10-50)76-45)81-44-32(65)28(61)23(56)17(9-49)75-44/h12,14-45,47-70H,3-11H2,1-2H3/t12?,14-,15-,16+,17+,18+,19?,20?,21-,22-,23-,24-,25-,26+,27?,28?,29?,30?,31?,32?,33-,34?,35?,36+,37-,38?,39-,40-,41+,42+,43-,44-,45-/m1/s1. The molecule has 12 unspecified atom stereocenters. The number of fused-ring (bicyclic) bond motifs is 1. The Bertz CT molecular complexity index is 1850. The maximum Gasteiger partial charge on any atom is 0.227 e. The third-order valence-corrected chi connectivity index (χ3v) is 14.4. The van der Waals surface area contributed by atoms with Crippen LogP contribution in [0.3, 0.4) is 0 Å². The Morgan fingerprint density at radius 3 is 1.40 bits per heavy atom. The zero-order valence-corrected chi connectivity index (χ0v) is 43.6. The second-order valence-electron chi connectivity index (χ2n) is 20.2. The molecule has 0 aromatic heterocycles. The summed E-state index contributed by atoms with van der Waals surface area (Å²) in [6, 6.07) is -1.19. The van der Waals surface area contributed by atoms with Gasteiger partial charge in [0.2, 0.25) is 6.29 Å². The number of ether oxygens (including phenoxy) is 11. The van der Waals surface area contributed by atoms with Gasteiger partial charge in [0.25, 0.3) is 0 Å². The fraction of sp³-hybridized carbons (Fsp3) is 0.978. The molecule has 5 aliphatic rings. The van der Waals surface area contributed by atoms with Crippen LogP contribution >= 0.6 is 0 Å². The van der Waals surface area contributed by atoms with Crippen LogP contribution in [-0.2, 0) is 52.1 Å². The van der Waals surface area contributed by atoms with E-state index < -0.39 is 262 Å².